The minimum atomic E-state index is -0.977. The molecule has 0 aromatic carbocycles. The Morgan fingerprint density at radius 2 is 2.11 bits per heavy atom. The summed E-state index contributed by atoms with van der Waals surface area (Å²) in [5.41, 5.74) is -0.977. The van der Waals surface area contributed by atoms with Crippen LogP contribution < -0.4 is 5.32 Å². The fourth-order valence-corrected chi connectivity index (χ4v) is 2.52. The number of hydrogen-bond acceptors (Lipinski definition) is 3. The standard InChI is InChI=1S/C14H22N2O2S/c1-5-9-16-12(18)14(6-2,8-7-10(3)4)11(17)15-13(16)19/h5,10H,1,6-9H2,2-4H3,(H,15,17,19)/t14-/m0/s1. The highest BCUT2D eigenvalue weighted by Gasteiger charge is 2.50. The molecule has 1 atom stereocenters. The predicted molar refractivity (Wildman–Crippen MR) is 79.4 cm³/mol. The van der Waals surface area contributed by atoms with Gasteiger partial charge in [0.2, 0.25) is 11.8 Å². The summed E-state index contributed by atoms with van der Waals surface area (Å²) in [6, 6.07) is 0. The summed E-state index contributed by atoms with van der Waals surface area (Å²) in [4.78, 5) is 26.3. The van der Waals surface area contributed by atoms with Crippen molar-refractivity contribution in [2.45, 2.75) is 40.0 Å². The first-order valence-corrected chi connectivity index (χ1v) is 7.08. The molecule has 1 rings (SSSR count). The van der Waals surface area contributed by atoms with Gasteiger partial charge in [-0.2, -0.15) is 0 Å². The largest absolute Gasteiger partial charge is 0.302 e. The first-order chi connectivity index (χ1) is 8.89. The van der Waals surface area contributed by atoms with Gasteiger partial charge in [0.1, 0.15) is 5.41 Å². The second-order valence-electron chi connectivity index (χ2n) is 5.33. The predicted octanol–water partition coefficient (Wildman–Crippen LogP) is 2.25. The summed E-state index contributed by atoms with van der Waals surface area (Å²) >= 11 is 5.06. The number of hydrogen-bond donors (Lipinski definition) is 1. The summed E-state index contributed by atoms with van der Waals surface area (Å²) in [7, 11) is 0. The van der Waals surface area contributed by atoms with Crippen molar-refractivity contribution in [1.82, 2.24) is 10.2 Å². The van der Waals surface area contributed by atoms with Crippen molar-refractivity contribution in [3.05, 3.63) is 12.7 Å². The number of amides is 2. The molecule has 1 heterocycles. The van der Waals surface area contributed by atoms with Crippen LogP contribution in [0.25, 0.3) is 0 Å². The third-order valence-electron chi connectivity index (χ3n) is 3.62. The molecular weight excluding hydrogens is 260 g/mol. The molecule has 5 heteroatoms. The Bertz CT molecular complexity index is 406. The van der Waals surface area contributed by atoms with Gasteiger partial charge in [-0.1, -0.05) is 26.8 Å². The Labute approximate surface area is 120 Å². The second kappa shape index (κ2) is 6.28. The van der Waals surface area contributed by atoms with Crippen LogP contribution in [-0.4, -0.2) is 28.4 Å². The maximum Gasteiger partial charge on any atom is 0.244 e. The second-order valence-corrected chi connectivity index (χ2v) is 5.72. The van der Waals surface area contributed by atoms with Gasteiger partial charge in [0.15, 0.2) is 5.11 Å². The van der Waals surface area contributed by atoms with Gasteiger partial charge < -0.3 is 5.32 Å². The Kier molecular flexibility index (Phi) is 5.23. The maximum absolute atomic E-state index is 12.6. The van der Waals surface area contributed by atoms with E-state index in [-0.39, 0.29) is 16.9 Å². The maximum atomic E-state index is 12.6. The molecule has 1 fully saturated rings. The first kappa shape index (κ1) is 15.8. The average Bonchev–Trinajstić information content (AvgIpc) is 2.35. The molecule has 0 aromatic heterocycles. The molecule has 0 aromatic rings. The molecule has 0 radical (unpaired) electrons. The highest BCUT2D eigenvalue weighted by molar-refractivity contribution is 7.80. The zero-order chi connectivity index (χ0) is 14.6. The van der Waals surface area contributed by atoms with Crippen molar-refractivity contribution in [2.75, 3.05) is 6.54 Å². The van der Waals surface area contributed by atoms with Crippen molar-refractivity contribution in [3.63, 3.8) is 0 Å². The molecule has 1 N–H and O–H groups in total. The number of carbonyl (C=O) groups excluding carboxylic acids is 2. The minimum absolute atomic E-state index is 0.184. The lowest BCUT2D eigenvalue weighted by molar-refractivity contribution is -0.150. The molecule has 2 amide bonds. The highest BCUT2D eigenvalue weighted by atomic mass is 32.1. The van der Waals surface area contributed by atoms with Crippen LogP contribution in [0, 0.1) is 11.3 Å². The first-order valence-electron chi connectivity index (χ1n) is 6.67. The van der Waals surface area contributed by atoms with E-state index in [1.54, 1.807) is 6.08 Å². The number of carbonyl (C=O) groups is 2. The van der Waals surface area contributed by atoms with Crippen molar-refractivity contribution in [1.29, 1.82) is 0 Å². The van der Waals surface area contributed by atoms with Crippen molar-refractivity contribution < 1.29 is 9.59 Å². The molecular formula is C14H22N2O2S. The van der Waals surface area contributed by atoms with E-state index < -0.39 is 5.41 Å². The summed E-state index contributed by atoms with van der Waals surface area (Å²) in [6.45, 7) is 10.0. The van der Waals surface area contributed by atoms with Gasteiger partial charge in [-0.05, 0) is 37.4 Å². The Balaban J connectivity index is 3.05. The van der Waals surface area contributed by atoms with Crippen LogP contribution in [-0.2, 0) is 9.59 Å². The number of nitrogens with one attached hydrogen (secondary N) is 1. The molecule has 0 bridgehead atoms. The van der Waals surface area contributed by atoms with Crippen molar-refractivity contribution in [2.24, 2.45) is 11.3 Å². The van der Waals surface area contributed by atoms with Gasteiger partial charge in [-0.25, -0.2) is 0 Å². The molecule has 0 saturated carbocycles. The summed E-state index contributed by atoms with van der Waals surface area (Å²) in [5, 5.41) is 2.84. The third kappa shape index (κ3) is 3.03. The van der Waals surface area contributed by atoms with Crippen LogP contribution in [0.4, 0.5) is 0 Å². The average molecular weight is 282 g/mol. The van der Waals surface area contributed by atoms with E-state index >= 15 is 0 Å². The lowest BCUT2D eigenvalue weighted by Crippen LogP contribution is -2.63. The SMILES string of the molecule is C=CCN1C(=O)[C@@](CC)(CCC(C)C)C(=O)NC1=S. The molecule has 1 aliphatic rings. The van der Waals surface area contributed by atoms with Gasteiger partial charge in [-0.15, -0.1) is 6.58 Å². The van der Waals surface area contributed by atoms with Crippen LogP contribution >= 0.6 is 12.2 Å². The van der Waals surface area contributed by atoms with Crippen LogP contribution in [0.2, 0.25) is 0 Å². The molecule has 1 saturated heterocycles. The number of rotatable bonds is 6. The monoisotopic (exact) mass is 282 g/mol. The van der Waals surface area contributed by atoms with E-state index in [9.17, 15) is 9.59 Å². The Hall–Kier alpha value is -1.23. The zero-order valence-corrected chi connectivity index (χ0v) is 12.7. The van der Waals surface area contributed by atoms with Crippen LogP contribution in [0.1, 0.15) is 40.0 Å². The summed E-state index contributed by atoms with van der Waals surface area (Å²) < 4.78 is 0. The molecule has 1 aliphatic heterocycles. The van der Waals surface area contributed by atoms with E-state index in [4.69, 9.17) is 12.2 Å². The fourth-order valence-electron chi connectivity index (χ4n) is 2.27. The van der Waals surface area contributed by atoms with Crippen LogP contribution in [0.15, 0.2) is 12.7 Å². The quantitative estimate of drug-likeness (QED) is 0.462. The van der Waals surface area contributed by atoms with E-state index in [1.165, 1.54) is 4.90 Å². The minimum Gasteiger partial charge on any atom is -0.302 e. The van der Waals surface area contributed by atoms with E-state index in [1.807, 2.05) is 6.92 Å². The van der Waals surface area contributed by atoms with Gasteiger partial charge in [0, 0.05) is 6.54 Å². The lowest BCUT2D eigenvalue weighted by Gasteiger charge is -2.40. The number of thiocarbonyl (C=S) groups is 1. The lowest BCUT2D eigenvalue weighted by atomic mass is 9.76. The van der Waals surface area contributed by atoms with Gasteiger partial charge >= 0.3 is 0 Å². The molecule has 106 valence electrons. The molecule has 0 spiro atoms. The van der Waals surface area contributed by atoms with E-state index in [0.29, 0.717) is 25.3 Å². The number of nitrogens with zero attached hydrogens (tertiary/aromatic N) is 1. The molecule has 19 heavy (non-hydrogen) atoms. The van der Waals surface area contributed by atoms with Crippen molar-refractivity contribution in [3.8, 4) is 0 Å². The van der Waals surface area contributed by atoms with Crippen LogP contribution in [0.5, 0.6) is 0 Å². The van der Waals surface area contributed by atoms with Gasteiger partial charge in [-0.3, -0.25) is 14.5 Å². The normalized spacial score (nSPS) is 23.8. The smallest absolute Gasteiger partial charge is 0.244 e. The zero-order valence-electron chi connectivity index (χ0n) is 11.9. The van der Waals surface area contributed by atoms with Gasteiger partial charge in [0.05, 0.1) is 0 Å². The van der Waals surface area contributed by atoms with Crippen molar-refractivity contribution >= 4 is 29.1 Å². The fraction of sp³-hybridized carbons (Fsp3) is 0.643. The Morgan fingerprint density at radius 1 is 1.47 bits per heavy atom. The molecule has 0 aliphatic carbocycles. The summed E-state index contributed by atoms with van der Waals surface area (Å²) in [5.74, 6) is 0.000944. The summed E-state index contributed by atoms with van der Waals surface area (Å²) in [6.07, 6.45) is 3.50. The van der Waals surface area contributed by atoms with E-state index in [0.717, 1.165) is 6.42 Å². The van der Waals surface area contributed by atoms with Crippen LogP contribution in [0.3, 0.4) is 0 Å². The Morgan fingerprint density at radius 3 is 2.58 bits per heavy atom. The highest BCUT2D eigenvalue weighted by Crippen LogP contribution is 2.35. The molecule has 0 unspecified atom stereocenters. The molecule has 4 nitrogen and oxygen atoms in total. The third-order valence-corrected chi connectivity index (χ3v) is 3.94. The van der Waals surface area contributed by atoms with E-state index in [2.05, 4.69) is 25.7 Å². The topological polar surface area (TPSA) is 49.4 Å². The van der Waals surface area contributed by atoms with Gasteiger partial charge in [0.25, 0.3) is 0 Å².